The fraction of sp³-hybridized carbons (Fsp3) is 0.438. The minimum atomic E-state index is -3.81. The molecule has 3 unspecified atom stereocenters. The molecule has 0 amide bonds. The highest BCUT2D eigenvalue weighted by Crippen LogP contribution is 2.38. The highest BCUT2D eigenvalue weighted by molar-refractivity contribution is 7.89. The van der Waals surface area contributed by atoms with Crippen LogP contribution in [-0.4, -0.2) is 50.3 Å². The van der Waals surface area contributed by atoms with Gasteiger partial charge in [0.1, 0.15) is 10.4 Å². The van der Waals surface area contributed by atoms with Gasteiger partial charge in [-0.15, -0.1) is 5.10 Å². The third-order valence-electron chi connectivity index (χ3n) is 8.98. The number of rotatable bonds is 8. The number of benzene rings is 2. The number of aromatic nitrogens is 4. The van der Waals surface area contributed by atoms with Gasteiger partial charge in [-0.1, -0.05) is 49.7 Å². The number of sulfonamides is 1. The molecule has 10 heteroatoms. The van der Waals surface area contributed by atoms with Crippen molar-refractivity contribution in [1.82, 2.24) is 24.3 Å². The molecule has 9 nitrogen and oxygen atoms in total. The summed E-state index contributed by atoms with van der Waals surface area (Å²) in [6.07, 6.45) is 4.15. The first kappa shape index (κ1) is 29.8. The van der Waals surface area contributed by atoms with Gasteiger partial charge in [0.25, 0.3) is 0 Å². The second-order valence-corrected chi connectivity index (χ2v) is 13.5. The van der Waals surface area contributed by atoms with E-state index in [0.717, 1.165) is 58.1 Å². The van der Waals surface area contributed by atoms with Gasteiger partial charge in [-0.05, 0) is 78.6 Å². The van der Waals surface area contributed by atoms with Crippen molar-refractivity contribution in [2.24, 2.45) is 13.0 Å². The predicted octanol–water partition coefficient (Wildman–Crippen LogP) is 5.70. The zero-order valence-electron chi connectivity index (χ0n) is 24.9. The maximum atomic E-state index is 14.1. The molecule has 0 saturated carbocycles. The van der Waals surface area contributed by atoms with E-state index in [1.165, 1.54) is 0 Å². The summed E-state index contributed by atoms with van der Waals surface area (Å²) in [5, 5.41) is 18.3. The molecule has 0 aliphatic carbocycles. The van der Waals surface area contributed by atoms with E-state index < -0.39 is 21.9 Å². The normalized spacial score (nSPS) is 18.6. The van der Waals surface area contributed by atoms with Gasteiger partial charge in [0, 0.05) is 38.2 Å². The molecule has 0 spiro atoms. The van der Waals surface area contributed by atoms with Gasteiger partial charge in [0.05, 0.1) is 17.6 Å². The molecule has 42 heavy (non-hydrogen) atoms. The molecule has 4 aromatic rings. The Morgan fingerprint density at radius 3 is 2.69 bits per heavy atom. The van der Waals surface area contributed by atoms with Crippen LogP contribution in [0.3, 0.4) is 0 Å². The number of fused-ring (bicyclic) bond motifs is 2. The molecular formula is C32H39N5O4S. The quantitative estimate of drug-likeness (QED) is 0.280. The Labute approximate surface area is 247 Å². The van der Waals surface area contributed by atoms with Crippen molar-refractivity contribution in [2.75, 3.05) is 6.54 Å². The average molecular weight is 590 g/mol. The Bertz CT molecular complexity index is 1730. The maximum absolute atomic E-state index is 14.1. The molecule has 0 bridgehead atoms. The van der Waals surface area contributed by atoms with Crippen molar-refractivity contribution >= 4 is 27.0 Å². The van der Waals surface area contributed by atoms with E-state index in [4.69, 9.17) is 0 Å². The van der Waals surface area contributed by atoms with Crippen molar-refractivity contribution in [3.8, 4) is 0 Å². The fourth-order valence-corrected chi connectivity index (χ4v) is 7.94. The van der Waals surface area contributed by atoms with Crippen molar-refractivity contribution in [1.29, 1.82) is 0 Å². The first-order valence-corrected chi connectivity index (χ1v) is 16.0. The van der Waals surface area contributed by atoms with Gasteiger partial charge < -0.3 is 5.11 Å². The van der Waals surface area contributed by atoms with Crippen LogP contribution in [0.15, 0.2) is 53.6 Å². The summed E-state index contributed by atoms with van der Waals surface area (Å²) < 4.78 is 31.5. The number of carboxylic acids is 1. The van der Waals surface area contributed by atoms with Crippen LogP contribution in [0.1, 0.15) is 84.9 Å². The second-order valence-electron chi connectivity index (χ2n) is 11.6. The lowest BCUT2D eigenvalue weighted by molar-refractivity contribution is -0.137. The summed E-state index contributed by atoms with van der Waals surface area (Å²) in [5.41, 5.74) is 6.68. The lowest BCUT2D eigenvalue weighted by atomic mass is 9.84. The molecule has 1 N–H and O–H groups in total. The third-order valence-corrected chi connectivity index (χ3v) is 10.9. The lowest BCUT2D eigenvalue weighted by Gasteiger charge is -2.31. The predicted molar refractivity (Wildman–Crippen MR) is 162 cm³/mol. The molecule has 3 atom stereocenters. The average Bonchev–Trinajstić information content (AvgIpc) is 3.35. The maximum Gasteiger partial charge on any atom is 0.304 e. The molecule has 1 aliphatic rings. The monoisotopic (exact) mass is 589 g/mol. The van der Waals surface area contributed by atoms with Gasteiger partial charge >= 0.3 is 5.97 Å². The zero-order chi connectivity index (χ0) is 30.2. The summed E-state index contributed by atoms with van der Waals surface area (Å²) in [5.74, 6) is -0.916. The molecule has 1 aliphatic heterocycles. The number of nitrogens with zero attached hydrogens (tertiary/aromatic N) is 5. The van der Waals surface area contributed by atoms with Gasteiger partial charge in [-0.2, -0.15) is 4.31 Å². The van der Waals surface area contributed by atoms with Crippen molar-refractivity contribution in [3.05, 3.63) is 82.2 Å². The lowest BCUT2D eigenvalue weighted by Crippen LogP contribution is -2.35. The first-order valence-electron chi connectivity index (χ1n) is 14.6. The van der Waals surface area contributed by atoms with Crippen LogP contribution < -0.4 is 0 Å². The molecule has 0 fully saturated rings. The van der Waals surface area contributed by atoms with Crippen LogP contribution >= 0.6 is 0 Å². The molecule has 222 valence electrons. The van der Waals surface area contributed by atoms with Crippen LogP contribution in [0.5, 0.6) is 0 Å². The van der Waals surface area contributed by atoms with Gasteiger partial charge in [0.2, 0.25) is 10.0 Å². The Balaban J connectivity index is 1.54. The van der Waals surface area contributed by atoms with Crippen molar-refractivity contribution in [2.45, 2.75) is 76.7 Å². The number of hydrogen-bond acceptors (Lipinski definition) is 6. The summed E-state index contributed by atoms with van der Waals surface area (Å²) in [6, 6.07) is 13.1. The Morgan fingerprint density at radius 2 is 1.95 bits per heavy atom. The van der Waals surface area contributed by atoms with Crippen LogP contribution in [-0.2, 0) is 28.4 Å². The van der Waals surface area contributed by atoms with E-state index in [1.807, 2.05) is 51.2 Å². The Kier molecular flexibility index (Phi) is 8.48. The smallest absolute Gasteiger partial charge is 0.304 e. The highest BCUT2D eigenvalue weighted by atomic mass is 32.2. The second kappa shape index (κ2) is 11.9. The standard InChI is InChI=1S/C32H39N5O4S/c1-6-20(2)25-9-8-16-37(42(40,41)29-10-7-15-33-32(25)29)19-24-17-23(12-11-21(24)3)27(18-30(38)39)26-13-14-28-31(22(26)4)34-35-36(28)5/h7,10-15,17,20,25,27H,6,8-9,16,18-19H2,1-5H3,(H,38,39). The van der Waals surface area contributed by atoms with Crippen LogP contribution in [0.25, 0.3) is 11.0 Å². The summed E-state index contributed by atoms with van der Waals surface area (Å²) in [7, 11) is -1.98. The summed E-state index contributed by atoms with van der Waals surface area (Å²) in [4.78, 5) is 16.9. The third kappa shape index (κ3) is 5.57. The number of hydrogen-bond donors (Lipinski definition) is 1. The van der Waals surface area contributed by atoms with Crippen molar-refractivity contribution in [3.63, 3.8) is 0 Å². The number of aliphatic carboxylic acids is 1. The van der Waals surface area contributed by atoms with E-state index in [2.05, 4.69) is 29.1 Å². The topological polar surface area (TPSA) is 118 Å². The minimum Gasteiger partial charge on any atom is -0.481 e. The number of pyridine rings is 1. The number of carboxylic acid groups (broad SMARTS) is 1. The molecule has 2 aromatic carbocycles. The Morgan fingerprint density at radius 1 is 1.17 bits per heavy atom. The molecule has 0 radical (unpaired) electrons. The molecule has 2 aromatic heterocycles. The van der Waals surface area contributed by atoms with E-state index >= 15 is 0 Å². The van der Waals surface area contributed by atoms with Crippen LogP contribution in [0.4, 0.5) is 0 Å². The van der Waals surface area contributed by atoms with Gasteiger partial charge in [-0.3, -0.25) is 9.78 Å². The molecular weight excluding hydrogens is 550 g/mol. The zero-order valence-corrected chi connectivity index (χ0v) is 25.7. The van der Waals surface area contributed by atoms with Gasteiger partial charge in [0.15, 0.2) is 0 Å². The highest BCUT2D eigenvalue weighted by Gasteiger charge is 2.34. The van der Waals surface area contributed by atoms with E-state index in [1.54, 1.807) is 27.3 Å². The molecule has 5 rings (SSSR count). The number of carbonyl (C=O) groups is 1. The van der Waals surface area contributed by atoms with E-state index in [9.17, 15) is 18.3 Å². The fourth-order valence-electron chi connectivity index (χ4n) is 6.26. The molecule has 0 saturated heterocycles. The van der Waals surface area contributed by atoms with E-state index in [0.29, 0.717) is 23.1 Å². The minimum absolute atomic E-state index is 0.0971. The molecule has 3 heterocycles. The summed E-state index contributed by atoms with van der Waals surface area (Å²) in [6.45, 7) is 8.82. The summed E-state index contributed by atoms with van der Waals surface area (Å²) >= 11 is 0. The number of aryl methyl sites for hydroxylation is 3. The van der Waals surface area contributed by atoms with Gasteiger partial charge in [-0.25, -0.2) is 13.1 Å². The van der Waals surface area contributed by atoms with E-state index in [-0.39, 0.29) is 18.9 Å². The first-order chi connectivity index (χ1) is 20.0. The van der Waals surface area contributed by atoms with Crippen LogP contribution in [0, 0.1) is 19.8 Å². The van der Waals surface area contributed by atoms with Crippen molar-refractivity contribution < 1.29 is 18.3 Å². The Hall–Kier alpha value is -3.63. The SMILES string of the molecule is CCC(C)C1CCCN(Cc2cc(C(CC(=O)O)c3ccc4c(nnn4C)c3C)ccc2C)S(=O)(=O)c2cccnc21. The van der Waals surface area contributed by atoms with Crippen LogP contribution in [0.2, 0.25) is 0 Å². The largest absolute Gasteiger partial charge is 0.481 e.